The first-order chi connectivity index (χ1) is 10.1. The van der Waals surface area contributed by atoms with Crippen molar-refractivity contribution in [3.05, 3.63) is 0 Å². The van der Waals surface area contributed by atoms with Crippen LogP contribution in [-0.2, 0) is 4.79 Å². The number of carbonyl (C=O) groups excluding carboxylic acids is 1. The molecule has 0 atom stereocenters. The van der Waals surface area contributed by atoms with E-state index in [1.165, 1.54) is 94.9 Å². The Bertz CT molecular complexity index is 238. The molecule has 0 aromatic heterocycles. The molecule has 0 unspecified atom stereocenters. The van der Waals surface area contributed by atoms with Crippen LogP contribution in [0.1, 0.15) is 85.0 Å². The third-order valence-electron chi connectivity index (χ3n) is 4.45. The first-order valence-corrected chi connectivity index (χ1v) is 9.09. The van der Waals surface area contributed by atoms with Gasteiger partial charge in [-0.25, -0.2) is 0 Å². The van der Waals surface area contributed by atoms with Gasteiger partial charge < -0.3 is 14.4 Å². The summed E-state index contributed by atoms with van der Waals surface area (Å²) in [4.78, 5) is 8.89. The van der Waals surface area contributed by atoms with E-state index in [4.69, 9.17) is 9.90 Å². The Morgan fingerprint density at radius 1 is 0.857 bits per heavy atom. The largest absolute Gasteiger partial charge is 0.550 e. The molecule has 0 aromatic carbocycles. The van der Waals surface area contributed by atoms with Crippen LogP contribution in [0.4, 0.5) is 0 Å². The summed E-state index contributed by atoms with van der Waals surface area (Å²) >= 11 is 0. The number of nitrogens with zero attached hydrogens (tertiary/aromatic N) is 1. The van der Waals surface area contributed by atoms with Crippen molar-refractivity contribution in [1.82, 2.24) is 0 Å². The van der Waals surface area contributed by atoms with Gasteiger partial charge in [0, 0.05) is 5.97 Å². The van der Waals surface area contributed by atoms with Gasteiger partial charge in [-0.2, -0.15) is 0 Å². The summed E-state index contributed by atoms with van der Waals surface area (Å²) in [6.45, 7) is 11.5. The fraction of sp³-hybridized carbons (Fsp3) is 0.944. The van der Waals surface area contributed by atoms with Crippen LogP contribution in [0.3, 0.4) is 0 Å². The van der Waals surface area contributed by atoms with E-state index >= 15 is 0 Å². The molecule has 0 aliphatic carbocycles. The van der Waals surface area contributed by atoms with Gasteiger partial charge in [-0.3, -0.25) is 0 Å². The van der Waals surface area contributed by atoms with Crippen LogP contribution in [0, 0.1) is 0 Å². The van der Waals surface area contributed by atoms with Gasteiger partial charge in [0.2, 0.25) is 0 Å². The van der Waals surface area contributed by atoms with Gasteiger partial charge in [0.15, 0.2) is 0 Å². The number of rotatable bonds is 9. The predicted molar refractivity (Wildman–Crippen MR) is 87.9 cm³/mol. The van der Waals surface area contributed by atoms with Crippen molar-refractivity contribution in [2.75, 3.05) is 26.2 Å². The molecule has 1 heterocycles. The Hall–Kier alpha value is -0.570. The van der Waals surface area contributed by atoms with E-state index in [-0.39, 0.29) is 0 Å². The molecule has 0 aromatic rings. The second-order valence-electron chi connectivity index (χ2n) is 6.56. The van der Waals surface area contributed by atoms with E-state index in [0.717, 1.165) is 6.92 Å². The maximum absolute atomic E-state index is 8.89. The molecule has 3 heteroatoms. The van der Waals surface area contributed by atoms with Crippen molar-refractivity contribution in [1.29, 1.82) is 0 Å². The number of carboxylic acids is 1. The zero-order chi connectivity index (χ0) is 16.0. The van der Waals surface area contributed by atoms with Crippen LogP contribution in [0.25, 0.3) is 0 Å². The van der Waals surface area contributed by atoms with Crippen LogP contribution in [0.2, 0.25) is 0 Å². The number of unbranched alkanes of at least 4 members (excludes halogenated alkanes) is 5. The average molecular weight is 299 g/mol. The number of carbonyl (C=O) groups is 1. The molecule has 1 saturated heterocycles. The highest BCUT2D eigenvalue weighted by Crippen LogP contribution is 2.21. The van der Waals surface area contributed by atoms with Gasteiger partial charge in [0.25, 0.3) is 0 Å². The molecular weight excluding hydrogens is 262 g/mol. The van der Waals surface area contributed by atoms with Crippen molar-refractivity contribution in [3.8, 4) is 0 Å². The summed E-state index contributed by atoms with van der Waals surface area (Å²) < 4.78 is 1.46. The van der Waals surface area contributed by atoms with Crippen LogP contribution < -0.4 is 5.11 Å². The summed E-state index contributed by atoms with van der Waals surface area (Å²) in [5, 5.41) is 8.89. The average Bonchev–Trinajstić information content (AvgIpc) is 2.43. The van der Waals surface area contributed by atoms with E-state index in [9.17, 15) is 0 Å². The number of hydrogen-bond acceptors (Lipinski definition) is 2. The summed E-state index contributed by atoms with van der Waals surface area (Å²) in [6, 6.07) is 0. The molecule has 0 radical (unpaired) electrons. The van der Waals surface area contributed by atoms with Crippen LogP contribution in [0.15, 0.2) is 0 Å². The number of piperidine rings is 1. The highest BCUT2D eigenvalue weighted by atomic mass is 16.4. The van der Waals surface area contributed by atoms with Gasteiger partial charge in [0.05, 0.1) is 26.2 Å². The monoisotopic (exact) mass is 299 g/mol. The molecule has 0 saturated carbocycles. The lowest BCUT2D eigenvalue weighted by atomic mass is 10.0. The van der Waals surface area contributed by atoms with E-state index < -0.39 is 5.97 Å². The molecule has 21 heavy (non-hydrogen) atoms. The van der Waals surface area contributed by atoms with Gasteiger partial charge in [-0.1, -0.05) is 39.5 Å². The van der Waals surface area contributed by atoms with E-state index in [0.29, 0.717) is 0 Å². The third-order valence-corrected chi connectivity index (χ3v) is 4.45. The summed E-state index contributed by atoms with van der Waals surface area (Å²) in [5.74, 6) is -1.08. The molecule has 1 aliphatic heterocycles. The van der Waals surface area contributed by atoms with E-state index in [1.54, 1.807) is 0 Å². The Morgan fingerprint density at radius 2 is 1.38 bits per heavy atom. The lowest BCUT2D eigenvalue weighted by Gasteiger charge is -2.41. The summed E-state index contributed by atoms with van der Waals surface area (Å²) in [6.07, 6.45) is 14.5. The molecule has 0 spiro atoms. The first kappa shape index (κ1) is 20.4. The highest BCUT2D eigenvalue weighted by molar-refractivity contribution is 5.60. The number of likely N-dealkylation sites (tertiary alicyclic amines) is 1. The zero-order valence-corrected chi connectivity index (χ0v) is 14.7. The van der Waals surface area contributed by atoms with Crippen LogP contribution in [0.5, 0.6) is 0 Å². The molecule has 0 N–H and O–H groups in total. The van der Waals surface area contributed by atoms with Crippen molar-refractivity contribution in [2.24, 2.45) is 0 Å². The van der Waals surface area contributed by atoms with Gasteiger partial charge >= 0.3 is 0 Å². The lowest BCUT2D eigenvalue weighted by Crippen LogP contribution is -2.52. The van der Waals surface area contributed by atoms with E-state index in [2.05, 4.69) is 13.8 Å². The third kappa shape index (κ3) is 11.7. The molecule has 3 nitrogen and oxygen atoms in total. The highest BCUT2D eigenvalue weighted by Gasteiger charge is 2.27. The number of hydrogen-bond donors (Lipinski definition) is 0. The fourth-order valence-electron chi connectivity index (χ4n) is 3.44. The van der Waals surface area contributed by atoms with Gasteiger partial charge in [-0.15, -0.1) is 0 Å². The molecule has 0 bridgehead atoms. The molecule has 0 amide bonds. The molecule has 1 aliphatic rings. The van der Waals surface area contributed by atoms with Crippen molar-refractivity contribution < 1.29 is 14.4 Å². The minimum absolute atomic E-state index is 0.972. The van der Waals surface area contributed by atoms with Gasteiger partial charge in [-0.05, 0) is 45.4 Å². The maximum atomic E-state index is 8.89. The predicted octanol–water partition coefficient (Wildman–Crippen LogP) is 3.51. The van der Waals surface area contributed by atoms with E-state index in [1.807, 2.05) is 0 Å². The molecule has 126 valence electrons. The number of aliphatic carboxylic acids is 1. The SMILES string of the molecule is CC(=O)[O-].CCCCCCCC[N+]1(CCC)CCCCC1. The smallest absolute Gasteiger partial charge is 0.0786 e. The second kappa shape index (κ2) is 13.1. The maximum Gasteiger partial charge on any atom is 0.0786 e. The minimum atomic E-state index is -1.08. The van der Waals surface area contributed by atoms with Crippen molar-refractivity contribution in [3.63, 3.8) is 0 Å². The zero-order valence-electron chi connectivity index (χ0n) is 14.7. The van der Waals surface area contributed by atoms with Crippen LogP contribution in [-0.4, -0.2) is 36.6 Å². The Labute approximate surface area is 132 Å². The van der Waals surface area contributed by atoms with Crippen molar-refractivity contribution >= 4 is 5.97 Å². The summed E-state index contributed by atoms with van der Waals surface area (Å²) in [5.41, 5.74) is 0. The van der Waals surface area contributed by atoms with Crippen molar-refractivity contribution in [2.45, 2.75) is 85.0 Å². The fourth-order valence-corrected chi connectivity index (χ4v) is 3.44. The Balaban J connectivity index is 0.000000885. The topological polar surface area (TPSA) is 40.1 Å². The second-order valence-corrected chi connectivity index (χ2v) is 6.56. The number of quaternary nitrogens is 1. The quantitative estimate of drug-likeness (QED) is 0.483. The summed E-state index contributed by atoms with van der Waals surface area (Å²) in [7, 11) is 0. The first-order valence-electron chi connectivity index (χ1n) is 9.09. The van der Waals surface area contributed by atoms with Crippen LogP contribution >= 0.6 is 0 Å². The lowest BCUT2D eigenvalue weighted by molar-refractivity contribution is -0.932. The Kier molecular flexibility index (Phi) is 12.8. The minimum Gasteiger partial charge on any atom is -0.550 e. The molecule has 1 rings (SSSR count). The van der Waals surface area contributed by atoms with Gasteiger partial charge in [0.1, 0.15) is 0 Å². The number of carboxylic acid groups (broad SMARTS) is 1. The molecular formula is C18H37NO2. The standard InChI is InChI=1S/C16H34N.C2H4O2/c1-3-5-6-7-8-10-14-17(13-4-2)15-11-9-12-16-17;1-2(3)4/h3-16H2,1-2H3;1H3,(H,3,4)/q+1;/p-1. The molecule has 1 fully saturated rings. The normalized spacial score (nSPS) is 16.9. The Morgan fingerprint density at radius 3 is 1.90 bits per heavy atom.